The van der Waals surface area contributed by atoms with E-state index in [0.717, 1.165) is 6.42 Å². The molecule has 0 saturated heterocycles. The zero-order valence-corrected chi connectivity index (χ0v) is 16.4. The summed E-state index contributed by atoms with van der Waals surface area (Å²) >= 11 is 1.73. The van der Waals surface area contributed by atoms with Crippen molar-refractivity contribution < 1.29 is 19.1 Å². The average Bonchev–Trinajstić information content (AvgIpc) is 3.15. The summed E-state index contributed by atoms with van der Waals surface area (Å²) in [4.78, 5) is 28.0. The van der Waals surface area contributed by atoms with Crippen molar-refractivity contribution in [3.63, 3.8) is 0 Å². The number of hydrogen-bond acceptors (Lipinski definition) is 5. The van der Waals surface area contributed by atoms with Gasteiger partial charge in [0.25, 0.3) is 5.91 Å². The Morgan fingerprint density at radius 3 is 2.70 bits per heavy atom. The van der Waals surface area contributed by atoms with Crippen molar-refractivity contribution in [3.05, 3.63) is 45.6 Å². The summed E-state index contributed by atoms with van der Waals surface area (Å²) in [5.74, 6) is 0.753. The molecule has 0 fully saturated rings. The molecule has 144 valence electrons. The van der Waals surface area contributed by atoms with Crippen molar-refractivity contribution >= 4 is 23.2 Å². The van der Waals surface area contributed by atoms with Gasteiger partial charge >= 0.3 is 0 Å². The Morgan fingerprint density at radius 1 is 1.15 bits per heavy atom. The smallest absolute Gasteiger partial charge is 0.251 e. The van der Waals surface area contributed by atoms with Crippen LogP contribution in [0.3, 0.4) is 0 Å². The van der Waals surface area contributed by atoms with Crippen molar-refractivity contribution in [1.82, 2.24) is 10.2 Å². The molecule has 0 aliphatic carbocycles. The van der Waals surface area contributed by atoms with E-state index in [1.165, 1.54) is 10.4 Å². The Bertz CT molecular complexity index is 818. The largest absolute Gasteiger partial charge is 0.490 e. The summed E-state index contributed by atoms with van der Waals surface area (Å²) in [7, 11) is 0. The van der Waals surface area contributed by atoms with Crippen LogP contribution in [0.1, 0.15) is 34.6 Å². The second kappa shape index (κ2) is 8.90. The summed E-state index contributed by atoms with van der Waals surface area (Å²) in [6.45, 7) is 6.05. The molecule has 7 heteroatoms. The van der Waals surface area contributed by atoms with E-state index in [-0.39, 0.29) is 18.4 Å². The molecule has 0 atom stereocenters. The molecule has 0 unspecified atom stereocenters. The van der Waals surface area contributed by atoms with Gasteiger partial charge in [0.05, 0.1) is 19.8 Å². The lowest BCUT2D eigenvalue weighted by atomic mass is 10.1. The minimum atomic E-state index is -0.305. The molecule has 2 amide bonds. The first-order valence-electron chi connectivity index (χ1n) is 9.13. The van der Waals surface area contributed by atoms with Crippen LogP contribution in [-0.2, 0) is 17.8 Å². The van der Waals surface area contributed by atoms with Gasteiger partial charge in [-0.25, -0.2) is 0 Å². The monoisotopic (exact) mass is 388 g/mol. The van der Waals surface area contributed by atoms with Crippen molar-refractivity contribution in [2.45, 2.75) is 26.8 Å². The molecule has 27 heavy (non-hydrogen) atoms. The van der Waals surface area contributed by atoms with E-state index in [9.17, 15) is 9.59 Å². The number of carbonyl (C=O) groups excluding carboxylic acids is 2. The number of benzene rings is 1. The fourth-order valence-electron chi connectivity index (χ4n) is 3.02. The third-order valence-electron chi connectivity index (χ3n) is 4.37. The summed E-state index contributed by atoms with van der Waals surface area (Å²) in [6.07, 6.45) is 0.878. The third kappa shape index (κ3) is 4.60. The van der Waals surface area contributed by atoms with E-state index in [1.54, 1.807) is 34.4 Å². The standard InChI is InChI=1S/C20H24N2O4S/c1-3-25-16-6-5-14(11-17(16)26-4-2)20(24)21-12-19(23)22-9-7-18-15(13-22)8-10-27-18/h5-6,8,10-11H,3-4,7,9,12-13H2,1-2H3,(H,21,24). The van der Waals surface area contributed by atoms with E-state index < -0.39 is 0 Å². The SMILES string of the molecule is CCOc1ccc(C(=O)NCC(=O)N2CCc3sccc3C2)cc1OCC. The molecule has 1 N–H and O–H groups in total. The van der Waals surface area contributed by atoms with E-state index in [1.807, 2.05) is 13.8 Å². The van der Waals surface area contributed by atoms with Gasteiger partial charge in [0.1, 0.15) is 0 Å². The van der Waals surface area contributed by atoms with Gasteiger partial charge in [0, 0.05) is 23.5 Å². The fraction of sp³-hybridized carbons (Fsp3) is 0.400. The minimum Gasteiger partial charge on any atom is -0.490 e. The molecule has 1 aliphatic heterocycles. The molecule has 0 saturated carbocycles. The predicted molar refractivity (Wildman–Crippen MR) is 105 cm³/mol. The topological polar surface area (TPSA) is 67.9 Å². The van der Waals surface area contributed by atoms with Gasteiger partial charge in [-0.15, -0.1) is 11.3 Å². The Hall–Kier alpha value is -2.54. The third-order valence-corrected chi connectivity index (χ3v) is 5.39. The van der Waals surface area contributed by atoms with Gasteiger partial charge in [-0.2, -0.15) is 0 Å². The number of carbonyl (C=O) groups is 2. The first-order valence-corrected chi connectivity index (χ1v) is 10.0. The number of nitrogens with zero attached hydrogens (tertiary/aromatic N) is 1. The lowest BCUT2D eigenvalue weighted by Crippen LogP contribution is -2.42. The molecule has 1 aromatic heterocycles. The van der Waals surface area contributed by atoms with Crippen LogP contribution in [-0.4, -0.2) is 43.0 Å². The number of rotatable bonds is 7. The molecule has 6 nitrogen and oxygen atoms in total. The molecule has 3 rings (SSSR count). The normalized spacial score (nSPS) is 13.0. The molecule has 0 spiro atoms. The molecule has 0 radical (unpaired) electrons. The zero-order chi connectivity index (χ0) is 19.2. The highest BCUT2D eigenvalue weighted by molar-refractivity contribution is 7.10. The first-order chi connectivity index (χ1) is 13.1. The second-order valence-electron chi connectivity index (χ2n) is 6.14. The van der Waals surface area contributed by atoms with Crippen molar-refractivity contribution in [2.75, 3.05) is 26.3 Å². The fourth-order valence-corrected chi connectivity index (χ4v) is 3.91. The average molecular weight is 388 g/mol. The molecular formula is C20H24N2O4S. The second-order valence-corrected chi connectivity index (χ2v) is 7.15. The maximum Gasteiger partial charge on any atom is 0.251 e. The van der Waals surface area contributed by atoms with Crippen LogP contribution in [0.4, 0.5) is 0 Å². The molecular weight excluding hydrogens is 364 g/mol. The van der Waals surface area contributed by atoms with Gasteiger partial charge in [0.15, 0.2) is 11.5 Å². The van der Waals surface area contributed by atoms with Crippen LogP contribution in [0.5, 0.6) is 11.5 Å². The van der Waals surface area contributed by atoms with E-state index >= 15 is 0 Å². The van der Waals surface area contributed by atoms with E-state index in [0.29, 0.717) is 43.4 Å². The van der Waals surface area contributed by atoms with Crippen LogP contribution in [0.25, 0.3) is 0 Å². The number of hydrogen-bond donors (Lipinski definition) is 1. The van der Waals surface area contributed by atoms with Crippen LogP contribution in [0, 0.1) is 0 Å². The molecule has 2 aromatic rings. The Kier molecular flexibility index (Phi) is 6.34. The van der Waals surface area contributed by atoms with Gasteiger partial charge in [-0.05, 0) is 55.5 Å². The van der Waals surface area contributed by atoms with E-state index in [4.69, 9.17) is 9.47 Å². The van der Waals surface area contributed by atoms with Gasteiger partial charge < -0.3 is 19.7 Å². The van der Waals surface area contributed by atoms with Gasteiger partial charge in [0.2, 0.25) is 5.91 Å². The van der Waals surface area contributed by atoms with Gasteiger partial charge in [-0.3, -0.25) is 9.59 Å². The minimum absolute atomic E-state index is 0.0184. The molecule has 1 aromatic carbocycles. The quantitative estimate of drug-likeness (QED) is 0.792. The number of thiophene rings is 1. The van der Waals surface area contributed by atoms with Crippen molar-refractivity contribution in [1.29, 1.82) is 0 Å². The lowest BCUT2D eigenvalue weighted by molar-refractivity contribution is -0.131. The first kappa shape index (κ1) is 19.2. The summed E-state index contributed by atoms with van der Waals surface area (Å²) in [5.41, 5.74) is 1.65. The Labute approximate surface area is 163 Å². The number of ether oxygens (including phenoxy) is 2. The van der Waals surface area contributed by atoms with Crippen LogP contribution in [0.15, 0.2) is 29.6 Å². The summed E-state index contributed by atoms with van der Waals surface area (Å²) < 4.78 is 11.1. The van der Waals surface area contributed by atoms with Gasteiger partial charge in [-0.1, -0.05) is 0 Å². The molecule has 0 bridgehead atoms. The van der Waals surface area contributed by atoms with E-state index in [2.05, 4.69) is 16.8 Å². The number of amides is 2. The highest BCUT2D eigenvalue weighted by Crippen LogP contribution is 2.28. The highest BCUT2D eigenvalue weighted by Gasteiger charge is 2.22. The number of fused-ring (bicyclic) bond motifs is 1. The highest BCUT2D eigenvalue weighted by atomic mass is 32.1. The summed E-state index contributed by atoms with van der Waals surface area (Å²) in [5, 5.41) is 4.77. The van der Waals surface area contributed by atoms with Crippen molar-refractivity contribution in [2.24, 2.45) is 0 Å². The maximum absolute atomic E-state index is 12.4. The lowest BCUT2D eigenvalue weighted by Gasteiger charge is -2.27. The van der Waals surface area contributed by atoms with Crippen LogP contribution in [0.2, 0.25) is 0 Å². The number of nitrogens with one attached hydrogen (secondary N) is 1. The maximum atomic E-state index is 12.4. The molecule has 2 heterocycles. The van der Waals surface area contributed by atoms with Crippen LogP contribution < -0.4 is 14.8 Å². The van der Waals surface area contributed by atoms with Crippen molar-refractivity contribution in [3.8, 4) is 11.5 Å². The Morgan fingerprint density at radius 2 is 1.93 bits per heavy atom. The van der Waals surface area contributed by atoms with Crippen LogP contribution >= 0.6 is 11.3 Å². The molecule has 1 aliphatic rings. The predicted octanol–water partition coefficient (Wildman–Crippen LogP) is 2.86. The Balaban J connectivity index is 1.59. The summed E-state index contributed by atoms with van der Waals surface area (Å²) in [6, 6.07) is 7.10. The zero-order valence-electron chi connectivity index (χ0n) is 15.6.